The molecule has 4 nitrogen and oxygen atoms in total. The number of rotatable bonds is 2. The van der Waals surface area contributed by atoms with Crippen molar-refractivity contribution in [2.75, 3.05) is 0 Å². The Hall–Kier alpha value is -1.42. The van der Waals surface area contributed by atoms with Crippen LogP contribution in [0.25, 0.3) is 11.5 Å². The van der Waals surface area contributed by atoms with Crippen molar-refractivity contribution in [3.05, 3.63) is 28.7 Å². The van der Waals surface area contributed by atoms with Gasteiger partial charge in [-0.15, -0.1) is 0 Å². The Labute approximate surface area is 106 Å². The lowest BCUT2D eigenvalue weighted by atomic mass is 10.0. The van der Waals surface area contributed by atoms with Gasteiger partial charge in [-0.2, -0.15) is 5.10 Å². The smallest absolute Gasteiger partial charge is 0.181 e. The molecule has 0 atom stereocenters. The number of aryl methyl sites for hydroxylation is 2. The van der Waals surface area contributed by atoms with Gasteiger partial charge in [0, 0.05) is 24.5 Å². The van der Waals surface area contributed by atoms with Crippen molar-refractivity contribution in [2.24, 2.45) is 7.05 Å². The predicted molar refractivity (Wildman–Crippen MR) is 68.1 cm³/mol. The molecule has 0 unspecified atom stereocenters. The van der Waals surface area contributed by atoms with Gasteiger partial charge in [-0.3, -0.25) is 4.68 Å². The topological polar surface area (TPSA) is 43.6 Å². The summed E-state index contributed by atoms with van der Waals surface area (Å²) in [5.41, 5.74) is 2.67. The molecule has 0 bridgehead atoms. The van der Waals surface area contributed by atoms with E-state index in [9.17, 15) is 0 Å². The molecule has 90 valence electrons. The van der Waals surface area contributed by atoms with Crippen LogP contribution in [-0.2, 0) is 7.05 Å². The maximum Gasteiger partial charge on any atom is 0.181 e. The molecule has 0 aliphatic heterocycles. The number of halogens is 1. The largest absolute Gasteiger partial charge is 0.275 e. The Morgan fingerprint density at radius 2 is 2.00 bits per heavy atom. The van der Waals surface area contributed by atoms with E-state index in [2.05, 4.69) is 28.9 Å². The SMILES string of the molecule is Cc1nc(-c2ccn(C)n2)nc(Cl)c1C(C)C. The van der Waals surface area contributed by atoms with Gasteiger partial charge in [0.25, 0.3) is 0 Å². The van der Waals surface area contributed by atoms with E-state index in [4.69, 9.17) is 11.6 Å². The van der Waals surface area contributed by atoms with Crippen molar-refractivity contribution in [1.82, 2.24) is 19.7 Å². The third kappa shape index (κ3) is 2.31. The molecule has 0 aliphatic carbocycles. The summed E-state index contributed by atoms with van der Waals surface area (Å²) in [6.45, 7) is 6.12. The van der Waals surface area contributed by atoms with E-state index >= 15 is 0 Å². The van der Waals surface area contributed by atoms with Crippen molar-refractivity contribution >= 4 is 11.6 Å². The van der Waals surface area contributed by atoms with E-state index < -0.39 is 0 Å². The van der Waals surface area contributed by atoms with Crippen molar-refractivity contribution in [3.63, 3.8) is 0 Å². The van der Waals surface area contributed by atoms with Crippen molar-refractivity contribution in [2.45, 2.75) is 26.7 Å². The molecule has 0 aromatic carbocycles. The van der Waals surface area contributed by atoms with Crippen molar-refractivity contribution in [3.8, 4) is 11.5 Å². The molecule has 0 saturated heterocycles. The lowest BCUT2D eigenvalue weighted by Gasteiger charge is -2.11. The second kappa shape index (κ2) is 4.45. The minimum atomic E-state index is 0.320. The van der Waals surface area contributed by atoms with Gasteiger partial charge in [0.2, 0.25) is 0 Å². The highest BCUT2D eigenvalue weighted by Gasteiger charge is 2.15. The molecule has 0 spiro atoms. The van der Waals surface area contributed by atoms with Gasteiger partial charge >= 0.3 is 0 Å². The quantitative estimate of drug-likeness (QED) is 0.770. The van der Waals surface area contributed by atoms with Crippen LogP contribution in [0.1, 0.15) is 31.0 Å². The lowest BCUT2D eigenvalue weighted by molar-refractivity contribution is 0.767. The Bertz CT molecular complexity index is 522. The Kier molecular flexibility index (Phi) is 3.15. The summed E-state index contributed by atoms with van der Waals surface area (Å²) in [5.74, 6) is 0.901. The van der Waals surface area contributed by atoms with Crippen molar-refractivity contribution in [1.29, 1.82) is 0 Å². The molecule has 0 fully saturated rings. The van der Waals surface area contributed by atoms with Crippen LogP contribution in [0.15, 0.2) is 12.3 Å². The predicted octanol–water partition coefficient (Wildman–Crippen LogP) is 2.96. The highest BCUT2D eigenvalue weighted by atomic mass is 35.5. The normalized spacial score (nSPS) is 11.2. The Morgan fingerprint density at radius 3 is 2.47 bits per heavy atom. The molecular weight excluding hydrogens is 236 g/mol. The number of hydrogen-bond donors (Lipinski definition) is 0. The summed E-state index contributed by atoms with van der Waals surface area (Å²) in [6, 6.07) is 1.88. The molecule has 0 aliphatic rings. The first-order chi connectivity index (χ1) is 7.99. The van der Waals surface area contributed by atoms with E-state index in [1.165, 1.54) is 0 Å². The van der Waals surface area contributed by atoms with Crippen LogP contribution in [0.2, 0.25) is 5.15 Å². The first-order valence-corrected chi connectivity index (χ1v) is 5.91. The van der Waals surface area contributed by atoms with Gasteiger partial charge in [-0.25, -0.2) is 9.97 Å². The fourth-order valence-corrected chi connectivity index (χ4v) is 2.29. The van der Waals surface area contributed by atoms with Crippen LogP contribution in [0.5, 0.6) is 0 Å². The summed E-state index contributed by atoms with van der Waals surface area (Å²) in [4.78, 5) is 8.78. The first-order valence-electron chi connectivity index (χ1n) is 5.53. The third-order valence-electron chi connectivity index (χ3n) is 2.61. The number of hydrogen-bond acceptors (Lipinski definition) is 3. The van der Waals surface area contributed by atoms with Gasteiger partial charge in [0.1, 0.15) is 10.8 Å². The monoisotopic (exact) mass is 250 g/mol. The lowest BCUT2D eigenvalue weighted by Crippen LogP contribution is -2.02. The molecule has 0 radical (unpaired) electrons. The summed E-state index contributed by atoms with van der Waals surface area (Å²) >= 11 is 6.20. The summed E-state index contributed by atoms with van der Waals surface area (Å²) in [7, 11) is 1.86. The average molecular weight is 251 g/mol. The second-order valence-corrected chi connectivity index (χ2v) is 4.72. The maximum absolute atomic E-state index is 6.20. The highest BCUT2D eigenvalue weighted by Crippen LogP contribution is 2.27. The molecule has 5 heteroatoms. The molecular formula is C12H15ClN4. The van der Waals surface area contributed by atoms with E-state index in [0.29, 0.717) is 16.9 Å². The fraction of sp³-hybridized carbons (Fsp3) is 0.417. The van der Waals surface area contributed by atoms with E-state index in [-0.39, 0.29) is 0 Å². The van der Waals surface area contributed by atoms with E-state index in [1.54, 1.807) is 4.68 Å². The molecule has 17 heavy (non-hydrogen) atoms. The Balaban J connectivity index is 2.52. The van der Waals surface area contributed by atoms with Crippen LogP contribution < -0.4 is 0 Å². The molecule has 2 rings (SSSR count). The zero-order chi connectivity index (χ0) is 12.6. The highest BCUT2D eigenvalue weighted by molar-refractivity contribution is 6.30. The molecule has 2 aromatic heterocycles. The molecule has 2 aromatic rings. The van der Waals surface area contributed by atoms with Crippen LogP contribution >= 0.6 is 11.6 Å². The van der Waals surface area contributed by atoms with Gasteiger partial charge in [-0.1, -0.05) is 25.4 Å². The average Bonchev–Trinajstić information content (AvgIpc) is 2.63. The molecule has 0 N–H and O–H groups in total. The standard InChI is InChI=1S/C12H15ClN4/c1-7(2)10-8(3)14-12(15-11(10)13)9-5-6-17(4)16-9/h5-7H,1-4H3. The minimum Gasteiger partial charge on any atom is -0.275 e. The maximum atomic E-state index is 6.20. The zero-order valence-corrected chi connectivity index (χ0v) is 11.2. The second-order valence-electron chi connectivity index (χ2n) is 4.37. The first kappa shape index (κ1) is 12.0. The molecule has 2 heterocycles. The molecule has 0 amide bonds. The minimum absolute atomic E-state index is 0.320. The third-order valence-corrected chi connectivity index (χ3v) is 2.90. The van der Waals surface area contributed by atoms with Crippen LogP contribution in [-0.4, -0.2) is 19.7 Å². The zero-order valence-electron chi connectivity index (χ0n) is 10.4. The summed E-state index contributed by atoms with van der Waals surface area (Å²) in [5, 5.41) is 4.79. The Morgan fingerprint density at radius 1 is 1.29 bits per heavy atom. The van der Waals surface area contributed by atoms with E-state index in [0.717, 1.165) is 17.0 Å². The summed E-state index contributed by atoms with van der Waals surface area (Å²) in [6.07, 6.45) is 1.86. The van der Waals surface area contributed by atoms with E-state index in [1.807, 2.05) is 26.2 Å². The number of aromatic nitrogens is 4. The van der Waals surface area contributed by atoms with Gasteiger partial charge in [-0.05, 0) is 18.9 Å². The molecule has 0 saturated carbocycles. The summed E-state index contributed by atoms with van der Waals surface area (Å²) < 4.78 is 1.72. The number of nitrogens with zero attached hydrogens (tertiary/aromatic N) is 4. The van der Waals surface area contributed by atoms with Gasteiger partial charge < -0.3 is 0 Å². The fourth-order valence-electron chi connectivity index (χ4n) is 1.85. The van der Waals surface area contributed by atoms with Gasteiger partial charge in [0.05, 0.1) is 0 Å². The van der Waals surface area contributed by atoms with Gasteiger partial charge in [0.15, 0.2) is 5.82 Å². The van der Waals surface area contributed by atoms with Crippen molar-refractivity contribution < 1.29 is 0 Å². The van der Waals surface area contributed by atoms with Crippen LogP contribution in [0, 0.1) is 6.92 Å². The van der Waals surface area contributed by atoms with Crippen LogP contribution in [0.3, 0.4) is 0 Å². The van der Waals surface area contributed by atoms with Crippen LogP contribution in [0.4, 0.5) is 0 Å².